The first-order chi connectivity index (χ1) is 5.29. The van der Waals surface area contributed by atoms with E-state index in [-0.39, 0.29) is 0 Å². The third kappa shape index (κ3) is 2.62. The topological polar surface area (TPSA) is 43.1 Å². The van der Waals surface area contributed by atoms with Crippen molar-refractivity contribution in [1.29, 1.82) is 0 Å². The number of benzene rings is 1. The van der Waals surface area contributed by atoms with E-state index in [0.717, 1.165) is 0 Å². The maximum Gasteiger partial charge on any atom is 0.126 e. The Morgan fingerprint density at radius 3 is 2.55 bits per heavy atom. The molecule has 0 aliphatic carbocycles. The van der Waals surface area contributed by atoms with Crippen LogP contribution in [0.15, 0.2) is 30.3 Å². The Morgan fingerprint density at radius 1 is 1.36 bits per heavy atom. The number of hydrogen-bond acceptors (Lipinski definition) is 2. The van der Waals surface area contributed by atoms with Gasteiger partial charge in [-0.05, 0) is 4.92 Å². The van der Waals surface area contributed by atoms with Gasteiger partial charge in [0, 0.05) is 0 Å². The molecule has 0 saturated heterocycles. The molecule has 0 aromatic heterocycles. The van der Waals surface area contributed by atoms with Gasteiger partial charge in [0.05, 0.1) is 0 Å². The highest BCUT2D eigenvalue weighted by atomic mass is 16.6. The Kier molecular flexibility index (Phi) is 2.38. The summed E-state index contributed by atoms with van der Waals surface area (Å²) < 4.78 is 0. The average Bonchev–Trinajstić information content (AvgIpc) is 2.03. The van der Waals surface area contributed by atoms with Crippen LogP contribution in [0.5, 0.6) is 0 Å². The summed E-state index contributed by atoms with van der Waals surface area (Å²) in [5.41, 5.74) is 0.657. The number of hydrogen-bond donors (Lipinski definition) is 0. The van der Waals surface area contributed by atoms with Crippen LogP contribution in [-0.2, 0) is 0 Å². The maximum atomic E-state index is 9.80. The summed E-state index contributed by atoms with van der Waals surface area (Å²) in [5, 5.41) is 9.80. The molecule has 1 aromatic carbocycles. The zero-order valence-corrected chi connectivity index (χ0v) is 5.65. The molecule has 0 atom stereocenters. The lowest BCUT2D eigenvalue weighted by atomic mass is 10.2. The van der Waals surface area contributed by atoms with E-state index in [1.807, 2.05) is 12.3 Å². The monoisotopic (exact) mass is 147 g/mol. The molecule has 0 unspecified atom stereocenters. The normalized spacial score (nSPS) is 10.2. The molecule has 11 heavy (non-hydrogen) atoms. The van der Waals surface area contributed by atoms with Crippen LogP contribution in [0.3, 0.4) is 0 Å². The van der Waals surface area contributed by atoms with Gasteiger partial charge in [0.15, 0.2) is 0 Å². The second-order valence-corrected chi connectivity index (χ2v) is 1.86. The van der Waals surface area contributed by atoms with Gasteiger partial charge in [-0.15, -0.1) is 18.2 Å². The van der Waals surface area contributed by atoms with Crippen molar-refractivity contribution >= 4 is 0 Å². The predicted molar refractivity (Wildman–Crippen MR) is 39.0 cm³/mol. The summed E-state index contributed by atoms with van der Waals surface area (Å²) in [6.07, 6.45) is 4.23. The third-order valence-electron chi connectivity index (χ3n) is 1.07. The highest BCUT2D eigenvalue weighted by Crippen LogP contribution is 1.96. The summed E-state index contributed by atoms with van der Waals surface area (Å²) in [4.78, 5) is 9.14. The van der Waals surface area contributed by atoms with Gasteiger partial charge in [0.2, 0.25) is 0 Å². The van der Waals surface area contributed by atoms with E-state index in [4.69, 9.17) is 0 Å². The number of rotatable bonds is 2. The number of nitro groups is 1. The molecule has 55 valence electrons. The van der Waals surface area contributed by atoms with E-state index >= 15 is 0 Å². The van der Waals surface area contributed by atoms with Gasteiger partial charge in [-0.2, -0.15) is 5.56 Å². The summed E-state index contributed by atoms with van der Waals surface area (Å²) in [6, 6.07) is 8.83. The molecule has 0 spiro atoms. The summed E-state index contributed by atoms with van der Waals surface area (Å²) in [6.45, 7) is 0. The fourth-order valence-corrected chi connectivity index (χ4v) is 0.632. The Morgan fingerprint density at radius 2 is 2.00 bits per heavy atom. The van der Waals surface area contributed by atoms with Gasteiger partial charge in [-0.3, -0.25) is 10.1 Å². The van der Waals surface area contributed by atoms with E-state index < -0.39 is 4.92 Å². The highest BCUT2D eigenvalue weighted by molar-refractivity contribution is 5.19. The molecule has 1 aromatic rings. The predicted octanol–water partition coefficient (Wildman–Crippen LogP) is 1.43. The molecule has 0 aliphatic rings. The Bertz CT molecular complexity index is 267. The Labute approximate surface area is 64.1 Å². The van der Waals surface area contributed by atoms with Crippen LogP contribution in [-0.4, -0.2) is 4.92 Å². The molecular weight excluding hydrogens is 142 g/mol. The van der Waals surface area contributed by atoms with E-state index in [1.165, 1.54) is 0 Å². The number of nitrogens with zero attached hydrogens (tertiary/aromatic N) is 1. The van der Waals surface area contributed by atoms with Crippen molar-refractivity contribution in [3.05, 3.63) is 58.3 Å². The van der Waals surface area contributed by atoms with Crippen LogP contribution in [0.4, 0.5) is 0 Å². The molecule has 0 heterocycles. The van der Waals surface area contributed by atoms with Crippen LogP contribution in [0.2, 0.25) is 0 Å². The average molecular weight is 147 g/mol. The van der Waals surface area contributed by atoms with Crippen molar-refractivity contribution in [2.75, 3.05) is 0 Å². The molecular formula is C8H5NO2-. The van der Waals surface area contributed by atoms with Gasteiger partial charge in [0.25, 0.3) is 0 Å². The van der Waals surface area contributed by atoms with Crippen LogP contribution in [0, 0.1) is 22.4 Å². The largest absolute Gasteiger partial charge is 0.278 e. The highest BCUT2D eigenvalue weighted by Gasteiger charge is 1.76. The van der Waals surface area contributed by atoms with Crippen molar-refractivity contribution in [3.63, 3.8) is 0 Å². The van der Waals surface area contributed by atoms with E-state index in [1.54, 1.807) is 24.3 Å². The summed E-state index contributed by atoms with van der Waals surface area (Å²) >= 11 is 0. The lowest BCUT2D eigenvalue weighted by molar-refractivity contribution is -0.420. The van der Waals surface area contributed by atoms with Gasteiger partial charge < -0.3 is 0 Å². The van der Waals surface area contributed by atoms with Crippen molar-refractivity contribution in [1.82, 2.24) is 0 Å². The molecule has 3 heteroatoms. The molecule has 0 bridgehead atoms. The van der Waals surface area contributed by atoms with E-state index in [9.17, 15) is 10.1 Å². The van der Waals surface area contributed by atoms with Crippen LogP contribution in [0.1, 0.15) is 5.56 Å². The fraction of sp³-hybridized carbons (Fsp3) is 0. The van der Waals surface area contributed by atoms with Crippen molar-refractivity contribution in [3.8, 4) is 0 Å². The summed E-state index contributed by atoms with van der Waals surface area (Å²) in [7, 11) is 0. The van der Waals surface area contributed by atoms with Crippen LogP contribution >= 0.6 is 0 Å². The lowest BCUT2D eigenvalue weighted by Crippen LogP contribution is -1.84. The lowest BCUT2D eigenvalue weighted by Gasteiger charge is -1.96. The van der Waals surface area contributed by atoms with Crippen LogP contribution in [0.25, 0.3) is 0 Å². The second-order valence-electron chi connectivity index (χ2n) is 1.86. The van der Waals surface area contributed by atoms with Crippen molar-refractivity contribution in [2.24, 2.45) is 0 Å². The minimum atomic E-state index is -0.660. The zero-order chi connectivity index (χ0) is 8.10. The van der Waals surface area contributed by atoms with E-state index in [0.29, 0.717) is 5.56 Å². The minimum absolute atomic E-state index is 0.657. The molecule has 0 aliphatic heterocycles. The van der Waals surface area contributed by atoms with Crippen molar-refractivity contribution < 1.29 is 4.92 Å². The SMILES string of the molecule is O=[N+]([O-])[C-]=[C]c1ccccc1. The Hall–Kier alpha value is -1.64. The quantitative estimate of drug-likeness (QED) is 0.275. The summed E-state index contributed by atoms with van der Waals surface area (Å²) in [5.74, 6) is 0. The van der Waals surface area contributed by atoms with Gasteiger partial charge in [0.1, 0.15) is 6.20 Å². The first-order valence-electron chi connectivity index (χ1n) is 3.00. The van der Waals surface area contributed by atoms with Gasteiger partial charge in [-0.1, -0.05) is 18.2 Å². The molecule has 0 fully saturated rings. The smallest absolute Gasteiger partial charge is 0.126 e. The van der Waals surface area contributed by atoms with Crippen molar-refractivity contribution in [2.45, 2.75) is 0 Å². The third-order valence-corrected chi connectivity index (χ3v) is 1.07. The standard InChI is InChI=1S/C8H5NO2/c10-9(11)7-6-8-4-2-1-3-5-8/h1-5H/q-1. The molecule has 1 rings (SSSR count). The zero-order valence-electron chi connectivity index (χ0n) is 5.65. The Balaban J connectivity index is 2.72. The van der Waals surface area contributed by atoms with Crippen LogP contribution < -0.4 is 0 Å². The maximum absolute atomic E-state index is 9.80. The van der Waals surface area contributed by atoms with Gasteiger partial charge >= 0.3 is 0 Å². The molecule has 0 amide bonds. The van der Waals surface area contributed by atoms with E-state index in [2.05, 4.69) is 6.08 Å². The fourth-order valence-electron chi connectivity index (χ4n) is 0.632. The minimum Gasteiger partial charge on any atom is -0.278 e. The first-order valence-corrected chi connectivity index (χ1v) is 3.00. The molecule has 3 nitrogen and oxygen atoms in total. The molecule has 1 radical (unpaired) electrons. The second kappa shape index (κ2) is 3.51. The van der Waals surface area contributed by atoms with Gasteiger partial charge in [-0.25, -0.2) is 0 Å². The first kappa shape index (κ1) is 7.47. The molecule has 0 saturated carbocycles. The molecule has 0 N–H and O–H groups in total.